The second-order valence-corrected chi connectivity index (χ2v) is 9.60. The van der Waals surface area contributed by atoms with Crippen molar-refractivity contribution in [2.75, 3.05) is 63.2 Å². The molecular formula is C29H36N6O3. The van der Waals surface area contributed by atoms with E-state index in [-0.39, 0.29) is 11.8 Å². The molecule has 2 amide bonds. The van der Waals surface area contributed by atoms with Crippen molar-refractivity contribution >= 4 is 23.5 Å². The monoisotopic (exact) mass is 516 g/mol. The Bertz CT molecular complexity index is 1220. The van der Waals surface area contributed by atoms with Gasteiger partial charge < -0.3 is 24.3 Å². The Kier molecular flexibility index (Phi) is 9.26. The molecule has 4 rings (SSSR count). The number of anilines is 2. The Morgan fingerprint density at radius 1 is 0.947 bits per heavy atom. The molecule has 0 aliphatic carbocycles. The number of carbonyl (C=O) groups excluding carboxylic acids is 2. The van der Waals surface area contributed by atoms with Crippen LogP contribution in [0.3, 0.4) is 0 Å². The first kappa shape index (κ1) is 27.1. The number of fused-ring (bicyclic) bond motifs is 1. The van der Waals surface area contributed by atoms with Crippen LogP contribution in [0.5, 0.6) is 5.75 Å². The molecule has 1 aliphatic rings. The molecule has 1 aliphatic heterocycles. The summed E-state index contributed by atoms with van der Waals surface area (Å²) in [7, 11) is 3.99. The van der Waals surface area contributed by atoms with Gasteiger partial charge in [-0.25, -0.2) is 9.97 Å². The van der Waals surface area contributed by atoms with Crippen molar-refractivity contribution in [3.8, 4) is 5.75 Å². The Hall–Kier alpha value is -3.98. The van der Waals surface area contributed by atoms with Crippen molar-refractivity contribution in [1.29, 1.82) is 0 Å². The number of hydrogen-bond acceptors (Lipinski definition) is 7. The van der Waals surface area contributed by atoms with Crippen LogP contribution in [0, 0.1) is 0 Å². The van der Waals surface area contributed by atoms with Gasteiger partial charge in [0.05, 0.1) is 0 Å². The van der Waals surface area contributed by atoms with Crippen LogP contribution in [-0.2, 0) is 11.3 Å². The van der Waals surface area contributed by atoms with Crippen LogP contribution in [-0.4, -0.2) is 85.0 Å². The third-order valence-electron chi connectivity index (χ3n) is 6.48. The summed E-state index contributed by atoms with van der Waals surface area (Å²) >= 11 is 0. The summed E-state index contributed by atoms with van der Waals surface area (Å²) in [5.74, 6) is 1.15. The largest absolute Gasteiger partial charge is 0.492 e. The van der Waals surface area contributed by atoms with E-state index in [1.165, 1.54) is 0 Å². The number of hydrogen-bond donors (Lipinski definition) is 0. The minimum atomic E-state index is -0.0968. The van der Waals surface area contributed by atoms with Gasteiger partial charge in [0.1, 0.15) is 12.4 Å². The Labute approximate surface area is 224 Å². The van der Waals surface area contributed by atoms with Gasteiger partial charge in [0.15, 0.2) is 0 Å². The molecule has 2 heterocycles. The van der Waals surface area contributed by atoms with Gasteiger partial charge in [-0.2, -0.15) is 0 Å². The first-order chi connectivity index (χ1) is 18.4. The number of ether oxygens (including phenoxy) is 1. The highest BCUT2D eigenvalue weighted by Crippen LogP contribution is 2.25. The average molecular weight is 517 g/mol. The minimum Gasteiger partial charge on any atom is -0.492 e. The first-order valence-corrected chi connectivity index (χ1v) is 13.0. The van der Waals surface area contributed by atoms with E-state index in [9.17, 15) is 9.59 Å². The fourth-order valence-electron chi connectivity index (χ4n) is 4.49. The van der Waals surface area contributed by atoms with Crippen LogP contribution in [0.25, 0.3) is 0 Å². The lowest BCUT2D eigenvalue weighted by Gasteiger charge is -2.28. The molecular weight excluding hydrogens is 480 g/mol. The molecule has 1 aromatic heterocycles. The molecule has 0 spiro atoms. The lowest BCUT2D eigenvalue weighted by molar-refractivity contribution is -0.116. The molecule has 9 nitrogen and oxygen atoms in total. The first-order valence-electron chi connectivity index (χ1n) is 13.0. The van der Waals surface area contributed by atoms with Crippen LogP contribution >= 0.6 is 0 Å². The van der Waals surface area contributed by atoms with E-state index >= 15 is 0 Å². The zero-order chi connectivity index (χ0) is 26.9. The van der Waals surface area contributed by atoms with Crippen LogP contribution in [0.1, 0.15) is 29.3 Å². The molecule has 9 heteroatoms. The fourth-order valence-corrected chi connectivity index (χ4v) is 4.49. The van der Waals surface area contributed by atoms with Gasteiger partial charge in [0.25, 0.3) is 5.91 Å². The van der Waals surface area contributed by atoms with E-state index in [1.54, 1.807) is 36.4 Å². The lowest BCUT2D eigenvalue weighted by atomic mass is 10.1. The third kappa shape index (κ3) is 7.07. The summed E-state index contributed by atoms with van der Waals surface area (Å²) in [5.41, 5.74) is 2.33. The molecule has 3 aromatic rings. The number of aromatic nitrogens is 2. The number of rotatable bonds is 6. The predicted molar refractivity (Wildman–Crippen MR) is 149 cm³/mol. The van der Waals surface area contributed by atoms with E-state index < -0.39 is 0 Å². The van der Waals surface area contributed by atoms with E-state index in [4.69, 9.17) is 4.74 Å². The van der Waals surface area contributed by atoms with Gasteiger partial charge in [-0.05, 0) is 56.4 Å². The number of para-hydroxylation sites is 1. The van der Waals surface area contributed by atoms with Crippen LogP contribution in [0.15, 0.2) is 67.0 Å². The van der Waals surface area contributed by atoms with E-state index in [0.717, 1.165) is 24.2 Å². The van der Waals surface area contributed by atoms with Crippen LogP contribution in [0.2, 0.25) is 0 Å². The normalized spacial score (nSPS) is 14.6. The zero-order valence-electron chi connectivity index (χ0n) is 22.4. The van der Waals surface area contributed by atoms with E-state index in [2.05, 4.69) is 14.9 Å². The molecule has 0 atom stereocenters. The van der Waals surface area contributed by atoms with Crippen molar-refractivity contribution < 1.29 is 14.3 Å². The van der Waals surface area contributed by atoms with Gasteiger partial charge in [0.2, 0.25) is 11.9 Å². The van der Waals surface area contributed by atoms with Crippen molar-refractivity contribution in [3.63, 3.8) is 0 Å². The topological polar surface area (TPSA) is 82.1 Å². The Morgan fingerprint density at radius 2 is 1.74 bits per heavy atom. The molecule has 0 saturated carbocycles. The maximum Gasteiger partial charge on any atom is 0.254 e. The predicted octanol–water partition coefficient (Wildman–Crippen LogP) is 3.32. The van der Waals surface area contributed by atoms with Gasteiger partial charge >= 0.3 is 0 Å². The van der Waals surface area contributed by atoms with Gasteiger partial charge in [-0.15, -0.1) is 0 Å². The molecule has 2 aromatic carbocycles. The molecule has 38 heavy (non-hydrogen) atoms. The minimum absolute atomic E-state index is 0.0281. The van der Waals surface area contributed by atoms with Crippen LogP contribution < -0.4 is 14.5 Å². The van der Waals surface area contributed by atoms with Crippen molar-refractivity contribution in [3.05, 3.63) is 78.1 Å². The molecule has 0 fully saturated rings. The Morgan fingerprint density at radius 3 is 2.50 bits per heavy atom. The number of nitrogens with zero attached hydrogens (tertiary/aromatic N) is 6. The van der Waals surface area contributed by atoms with E-state index in [1.807, 2.05) is 66.4 Å². The number of amides is 2. The van der Waals surface area contributed by atoms with Crippen molar-refractivity contribution in [2.45, 2.75) is 19.9 Å². The smallest absolute Gasteiger partial charge is 0.254 e. The summed E-state index contributed by atoms with van der Waals surface area (Å²) < 4.78 is 5.88. The third-order valence-corrected chi connectivity index (χ3v) is 6.48. The van der Waals surface area contributed by atoms with Crippen molar-refractivity contribution in [1.82, 2.24) is 19.8 Å². The standard InChI is InChI=1S/C29H36N6O3/c1-23(36)35-16-8-15-33(29-30-13-7-14-31-29)17-18-34(22-25-9-4-5-12-27(25)35)28(37)24-10-6-11-26(21-24)38-20-19-32(2)3/h4-7,9-14,21H,8,15-20,22H2,1-3H3. The fraction of sp³-hybridized carbons (Fsp3) is 0.379. The molecule has 200 valence electrons. The number of benzene rings is 2. The average Bonchev–Trinajstić information content (AvgIpc) is 2.95. The summed E-state index contributed by atoms with van der Waals surface area (Å²) in [5, 5.41) is 0. The second kappa shape index (κ2) is 13.0. The lowest BCUT2D eigenvalue weighted by Crippen LogP contribution is -2.39. The maximum atomic E-state index is 13.9. The quantitative estimate of drug-likeness (QED) is 0.497. The number of carbonyl (C=O) groups is 2. The highest BCUT2D eigenvalue weighted by molar-refractivity contribution is 5.95. The summed E-state index contributed by atoms with van der Waals surface area (Å²) in [4.78, 5) is 43.2. The zero-order valence-corrected chi connectivity index (χ0v) is 22.4. The van der Waals surface area contributed by atoms with Crippen molar-refractivity contribution in [2.24, 2.45) is 0 Å². The van der Waals surface area contributed by atoms with E-state index in [0.29, 0.717) is 56.6 Å². The summed E-state index contributed by atoms with van der Waals surface area (Å²) in [6, 6.07) is 16.9. The molecule has 0 bridgehead atoms. The Balaban J connectivity index is 1.64. The molecule has 0 saturated heterocycles. The molecule has 0 unspecified atom stereocenters. The highest BCUT2D eigenvalue weighted by Gasteiger charge is 2.24. The van der Waals surface area contributed by atoms with Gasteiger partial charge in [-0.1, -0.05) is 24.3 Å². The van der Waals surface area contributed by atoms with Gasteiger partial charge in [0, 0.05) is 69.8 Å². The SMILES string of the molecule is CC(=O)N1CCCN(c2ncccn2)CCN(C(=O)c2cccc(OCCN(C)C)c2)Cc2ccccc21. The maximum absolute atomic E-state index is 13.9. The van der Waals surface area contributed by atoms with Crippen LogP contribution in [0.4, 0.5) is 11.6 Å². The summed E-state index contributed by atoms with van der Waals surface area (Å²) in [6.07, 6.45) is 4.18. The summed E-state index contributed by atoms with van der Waals surface area (Å²) in [6.45, 7) is 5.53. The highest BCUT2D eigenvalue weighted by atomic mass is 16.5. The van der Waals surface area contributed by atoms with Gasteiger partial charge in [-0.3, -0.25) is 9.59 Å². The molecule has 0 N–H and O–H groups in total. The number of likely N-dealkylation sites (N-methyl/N-ethyl adjacent to an activating group) is 1. The second-order valence-electron chi connectivity index (χ2n) is 9.60. The molecule has 0 radical (unpaired) electrons.